The molecule has 2 aliphatic heterocycles. The first-order valence-corrected chi connectivity index (χ1v) is 24.0. The van der Waals surface area contributed by atoms with Crippen molar-refractivity contribution in [2.45, 2.75) is 25.2 Å². The van der Waals surface area contributed by atoms with Crippen LogP contribution in [0.2, 0.25) is 0 Å². The fourth-order valence-corrected chi connectivity index (χ4v) is 9.02. The quantitative estimate of drug-likeness (QED) is 0.0640. The lowest BCUT2D eigenvalue weighted by Crippen LogP contribution is -2.39. The normalized spacial score (nSPS) is 12.9. The average Bonchev–Trinajstić information content (AvgIpc) is 4.05. The topological polar surface area (TPSA) is 198 Å². The minimum atomic E-state index is -4.82. The van der Waals surface area contributed by atoms with Gasteiger partial charge in [-0.3, -0.25) is 19.2 Å². The Morgan fingerprint density at radius 3 is 1.40 bits per heavy atom. The summed E-state index contributed by atoms with van der Waals surface area (Å²) >= 11 is 2.11. The van der Waals surface area contributed by atoms with Crippen molar-refractivity contribution in [3.63, 3.8) is 0 Å². The number of fused-ring (bicyclic) bond motifs is 2. The van der Waals surface area contributed by atoms with Gasteiger partial charge in [-0.15, -0.1) is 0 Å². The number of hydrogen-bond acceptors (Lipinski definition) is 10. The zero-order valence-corrected chi connectivity index (χ0v) is 41.9. The van der Waals surface area contributed by atoms with Crippen molar-refractivity contribution in [3.8, 4) is 34.6 Å². The third-order valence-electron chi connectivity index (χ3n) is 12.3. The van der Waals surface area contributed by atoms with Crippen LogP contribution in [0.15, 0.2) is 133 Å². The van der Waals surface area contributed by atoms with Crippen LogP contribution in [0, 0.1) is 37.9 Å². The summed E-state index contributed by atoms with van der Waals surface area (Å²) in [5.41, 5.74) is -0.690. The van der Waals surface area contributed by atoms with Gasteiger partial charge in [0.15, 0.2) is 17.7 Å². The summed E-state index contributed by atoms with van der Waals surface area (Å²) in [4.78, 5) is 51.2. The zero-order valence-electron chi connectivity index (χ0n) is 39.8. The molecule has 0 atom stereocenters. The van der Waals surface area contributed by atoms with E-state index in [4.69, 9.17) is 20.6 Å². The van der Waals surface area contributed by atoms with E-state index in [1.807, 2.05) is 0 Å². The van der Waals surface area contributed by atoms with Crippen molar-refractivity contribution in [1.82, 2.24) is 19.6 Å². The van der Waals surface area contributed by atoms with Crippen LogP contribution in [-0.2, 0) is 25.2 Å². The maximum Gasteiger partial charge on any atom is 0.489 e. The van der Waals surface area contributed by atoms with Crippen LogP contribution < -0.4 is 15.3 Å². The SMILES string of the molecule is N#Cc1cc(-n2nc(C(F)(F)F)c3c2C(=O)N(c2ccc(-c4ccccc4C=O)cc2)CC3)ccc1F.N#Cc1cc(-n2nc(C(F)(F)F)c3c2C(=O)N(c2ccc(I)cc2)CC3)ccc1F.O=Cc1ccccc1B(O)O. The van der Waals surface area contributed by atoms with Crippen LogP contribution in [0.4, 0.5) is 46.5 Å². The van der Waals surface area contributed by atoms with Gasteiger partial charge in [0, 0.05) is 50.3 Å². The van der Waals surface area contributed by atoms with Gasteiger partial charge >= 0.3 is 19.5 Å². The Labute approximate surface area is 450 Å². The number of nitriles is 2. The van der Waals surface area contributed by atoms with Gasteiger partial charge in [-0.2, -0.15) is 47.1 Å². The molecule has 392 valence electrons. The molecule has 2 aliphatic rings. The number of halogens is 9. The maximum atomic E-state index is 13.9. The van der Waals surface area contributed by atoms with Gasteiger partial charge in [-0.05, 0) is 125 Å². The summed E-state index contributed by atoms with van der Waals surface area (Å²) in [6.07, 6.45) is -8.41. The molecule has 0 bridgehead atoms. The predicted octanol–water partition coefficient (Wildman–Crippen LogP) is 9.47. The highest BCUT2D eigenvalue weighted by molar-refractivity contribution is 14.1. The van der Waals surface area contributed by atoms with Gasteiger partial charge in [-0.1, -0.05) is 60.7 Å². The smallest absolute Gasteiger partial charge is 0.423 e. The van der Waals surface area contributed by atoms with Crippen molar-refractivity contribution < 1.29 is 64.3 Å². The number of hydrogen-bond donors (Lipinski definition) is 2. The number of alkyl halides is 6. The van der Waals surface area contributed by atoms with Crippen molar-refractivity contribution in [3.05, 3.63) is 205 Å². The number of benzene rings is 6. The number of carbonyl (C=O) groups is 4. The minimum absolute atomic E-state index is 0.00231. The van der Waals surface area contributed by atoms with E-state index in [0.29, 0.717) is 34.4 Å². The van der Waals surface area contributed by atoms with Crippen LogP contribution in [0.25, 0.3) is 22.5 Å². The van der Waals surface area contributed by atoms with Crippen LogP contribution in [0.3, 0.4) is 0 Å². The van der Waals surface area contributed by atoms with E-state index in [9.17, 15) is 54.3 Å². The van der Waals surface area contributed by atoms with Crippen LogP contribution in [0.1, 0.15) is 75.3 Å². The number of nitrogens with zero attached hydrogens (tertiary/aromatic N) is 8. The summed E-state index contributed by atoms with van der Waals surface area (Å²) in [6, 6.07) is 36.7. The van der Waals surface area contributed by atoms with Crippen molar-refractivity contribution in [2.75, 3.05) is 22.9 Å². The summed E-state index contributed by atoms with van der Waals surface area (Å²) < 4.78 is 112. The molecular weight excluding hydrogens is 1150 g/mol. The minimum Gasteiger partial charge on any atom is -0.423 e. The zero-order chi connectivity index (χ0) is 56.2. The molecule has 4 heterocycles. The standard InChI is InChI=1S/C27H16F4N4O2.C20H11F4IN4O.C7H7BO3/c28-23-10-9-20(13-18(23)14-32)35-24-22(25(33-35)27(29,30)31)11-12-34(26(24)37)19-7-5-16(6-8-19)21-4-2-1-3-17(21)15-36;21-16-6-5-14(9-11(16)10-26)29-17-15(18(27-29)20(22,23)24)7-8-28(19(17)30)13-3-1-12(25)2-4-13;9-5-6-3-1-2-4-7(6)8(10)11/h1-10,13,15H,11-12H2;1-6,9H,7-8H2;1-5,10-11H. The van der Waals surface area contributed by atoms with Gasteiger partial charge in [0.05, 0.1) is 22.5 Å². The number of aromatic nitrogens is 4. The molecule has 14 nitrogen and oxygen atoms in total. The number of aldehydes is 2. The van der Waals surface area contributed by atoms with E-state index in [1.54, 1.807) is 97.1 Å². The summed E-state index contributed by atoms with van der Waals surface area (Å²) in [7, 11) is -1.57. The highest BCUT2D eigenvalue weighted by Gasteiger charge is 2.45. The second-order valence-corrected chi connectivity index (χ2v) is 18.2. The first kappa shape index (κ1) is 55.4. The molecule has 0 aliphatic carbocycles. The fraction of sp³-hybridized carbons (Fsp3) is 0.111. The van der Waals surface area contributed by atoms with E-state index in [-0.39, 0.29) is 76.4 Å². The monoisotopic (exact) mass is 1180 g/mol. The van der Waals surface area contributed by atoms with Crippen LogP contribution in [-0.4, -0.2) is 74.2 Å². The van der Waals surface area contributed by atoms with Gasteiger partial charge in [0.1, 0.15) is 41.4 Å². The Hall–Kier alpha value is -8.85. The molecule has 0 spiro atoms. The van der Waals surface area contributed by atoms with Gasteiger partial charge in [0.2, 0.25) is 0 Å². The van der Waals surface area contributed by atoms with Crippen molar-refractivity contribution in [1.29, 1.82) is 10.5 Å². The largest absolute Gasteiger partial charge is 0.489 e. The Bertz CT molecular complexity index is 3720. The van der Waals surface area contributed by atoms with Crippen LogP contribution in [0.5, 0.6) is 0 Å². The van der Waals surface area contributed by atoms with Gasteiger partial charge < -0.3 is 19.8 Å². The third kappa shape index (κ3) is 11.3. The molecule has 0 saturated carbocycles. The summed E-state index contributed by atoms with van der Waals surface area (Å²) in [5.74, 6) is -3.02. The lowest BCUT2D eigenvalue weighted by Gasteiger charge is -2.28. The van der Waals surface area contributed by atoms with Crippen molar-refractivity contribution in [2.24, 2.45) is 0 Å². The Morgan fingerprint density at radius 2 is 0.987 bits per heavy atom. The Morgan fingerprint density at radius 1 is 0.577 bits per heavy atom. The van der Waals surface area contributed by atoms with E-state index >= 15 is 0 Å². The van der Waals surface area contributed by atoms with E-state index in [1.165, 1.54) is 28.0 Å². The fourth-order valence-electron chi connectivity index (χ4n) is 8.66. The molecular formula is C54H34BF8IN8O6. The summed E-state index contributed by atoms with van der Waals surface area (Å²) in [5, 5.41) is 43.0. The molecule has 0 radical (unpaired) electrons. The molecule has 2 aromatic heterocycles. The molecule has 24 heteroatoms. The molecule has 0 saturated heterocycles. The molecule has 0 unspecified atom stereocenters. The van der Waals surface area contributed by atoms with Gasteiger partial charge in [0.25, 0.3) is 11.8 Å². The number of amides is 2. The lowest BCUT2D eigenvalue weighted by atomic mass is 9.77. The third-order valence-corrected chi connectivity index (χ3v) is 13.0. The molecule has 2 N–H and O–H groups in total. The second-order valence-electron chi connectivity index (χ2n) is 17.0. The molecule has 2 amide bonds. The number of rotatable bonds is 8. The van der Waals surface area contributed by atoms with Crippen LogP contribution >= 0.6 is 22.6 Å². The average molecular weight is 1180 g/mol. The van der Waals surface area contributed by atoms with Crippen molar-refractivity contribution >= 4 is 70.9 Å². The molecule has 10 rings (SSSR count). The first-order chi connectivity index (χ1) is 37.2. The second kappa shape index (κ2) is 22.8. The molecule has 78 heavy (non-hydrogen) atoms. The highest BCUT2D eigenvalue weighted by atomic mass is 127. The van der Waals surface area contributed by atoms with E-state index in [2.05, 4.69) is 32.8 Å². The Kier molecular flexibility index (Phi) is 16.2. The molecule has 6 aromatic carbocycles. The highest BCUT2D eigenvalue weighted by Crippen LogP contribution is 2.39. The van der Waals surface area contributed by atoms with Gasteiger partial charge in [-0.25, -0.2) is 18.1 Å². The summed E-state index contributed by atoms with van der Waals surface area (Å²) in [6.45, 7) is 0.0474. The first-order valence-electron chi connectivity index (χ1n) is 22.9. The number of anilines is 2. The van der Waals surface area contributed by atoms with E-state index < -0.39 is 54.3 Å². The predicted molar refractivity (Wildman–Crippen MR) is 275 cm³/mol. The molecule has 8 aromatic rings. The van der Waals surface area contributed by atoms with E-state index in [0.717, 1.165) is 55.1 Å². The lowest BCUT2D eigenvalue weighted by molar-refractivity contribution is -0.142. The molecule has 0 fully saturated rings. The number of carbonyl (C=O) groups excluding carboxylic acids is 4. The maximum absolute atomic E-state index is 13.9. The Balaban J connectivity index is 0.000000175.